The lowest BCUT2D eigenvalue weighted by Crippen LogP contribution is -2.39. The molecule has 2 aromatic rings. The van der Waals surface area contributed by atoms with Gasteiger partial charge < -0.3 is 19.9 Å². The summed E-state index contributed by atoms with van der Waals surface area (Å²) in [7, 11) is 1.58. The summed E-state index contributed by atoms with van der Waals surface area (Å²) in [6.45, 7) is 1.15. The van der Waals surface area contributed by atoms with E-state index < -0.39 is 17.2 Å². The van der Waals surface area contributed by atoms with Gasteiger partial charge in [-0.05, 0) is 37.0 Å². The number of carbonyl (C=O) groups is 2. The van der Waals surface area contributed by atoms with Crippen LogP contribution in [0.4, 0.5) is 0 Å². The van der Waals surface area contributed by atoms with Crippen LogP contribution in [0.15, 0.2) is 41.5 Å². The van der Waals surface area contributed by atoms with E-state index in [0.717, 1.165) is 31.2 Å². The molecule has 1 aliphatic rings. The van der Waals surface area contributed by atoms with Crippen LogP contribution in [-0.4, -0.2) is 42.7 Å². The van der Waals surface area contributed by atoms with Crippen molar-refractivity contribution >= 4 is 23.4 Å². The number of nitrogens with zero attached hydrogens (tertiary/aromatic N) is 1. The Morgan fingerprint density at radius 1 is 1.09 bits per heavy atom. The van der Waals surface area contributed by atoms with Crippen LogP contribution in [0.1, 0.15) is 64.8 Å². The van der Waals surface area contributed by atoms with E-state index in [1.807, 2.05) is 18.2 Å². The fourth-order valence-corrected chi connectivity index (χ4v) is 4.29. The topological polar surface area (TPSA) is 89.4 Å². The van der Waals surface area contributed by atoms with Gasteiger partial charge in [0.25, 0.3) is 11.8 Å². The van der Waals surface area contributed by atoms with Gasteiger partial charge in [0.1, 0.15) is 11.1 Å². The minimum Gasteiger partial charge on any atom is -0.383 e. The molecule has 0 radical (unpaired) electrons. The van der Waals surface area contributed by atoms with Crippen LogP contribution in [-0.2, 0) is 17.7 Å². The van der Waals surface area contributed by atoms with Crippen LogP contribution in [0, 0.1) is 0 Å². The van der Waals surface area contributed by atoms with Crippen molar-refractivity contribution in [3.8, 4) is 0 Å². The smallest absolute Gasteiger partial charge is 0.256 e. The molecule has 1 saturated carbocycles. The molecule has 178 valence electrons. The number of ether oxygens (including phenoxy) is 1. The van der Waals surface area contributed by atoms with E-state index >= 15 is 0 Å². The number of amides is 2. The SMILES string of the molecule is COCCn1cc(C(=O)NCCc2cccc(Cl)c2)c(=O)c(C(=O)NC2CCCCCC2)c1. The summed E-state index contributed by atoms with van der Waals surface area (Å²) in [6.07, 6.45) is 9.86. The first-order chi connectivity index (χ1) is 16.0. The second-order valence-corrected chi connectivity index (χ2v) is 8.88. The molecule has 0 unspecified atom stereocenters. The number of carbonyl (C=O) groups excluding carboxylic acids is 2. The molecule has 3 rings (SSSR count). The van der Waals surface area contributed by atoms with Crippen LogP contribution in [0.5, 0.6) is 0 Å². The zero-order valence-corrected chi connectivity index (χ0v) is 19.8. The Morgan fingerprint density at radius 3 is 2.45 bits per heavy atom. The molecule has 0 bridgehead atoms. The number of benzene rings is 1. The molecule has 2 amide bonds. The van der Waals surface area contributed by atoms with E-state index in [0.29, 0.717) is 31.1 Å². The van der Waals surface area contributed by atoms with Gasteiger partial charge in [-0.2, -0.15) is 0 Å². The van der Waals surface area contributed by atoms with Gasteiger partial charge in [-0.3, -0.25) is 14.4 Å². The summed E-state index contributed by atoms with van der Waals surface area (Å²) in [5.41, 5.74) is 0.357. The van der Waals surface area contributed by atoms with E-state index in [1.54, 1.807) is 17.7 Å². The molecule has 1 aromatic heterocycles. The highest BCUT2D eigenvalue weighted by Gasteiger charge is 2.22. The van der Waals surface area contributed by atoms with Crippen LogP contribution in [0.3, 0.4) is 0 Å². The second kappa shape index (κ2) is 12.6. The minimum absolute atomic E-state index is 0.0159. The average Bonchev–Trinajstić information content (AvgIpc) is 3.07. The van der Waals surface area contributed by atoms with Gasteiger partial charge in [0.05, 0.1) is 6.61 Å². The molecule has 8 heteroatoms. The summed E-state index contributed by atoms with van der Waals surface area (Å²) in [6, 6.07) is 7.46. The number of pyridine rings is 1. The number of aromatic nitrogens is 1. The molecule has 0 saturated heterocycles. The number of hydrogen-bond donors (Lipinski definition) is 2. The molecule has 33 heavy (non-hydrogen) atoms. The molecule has 0 aliphatic heterocycles. The van der Waals surface area contributed by atoms with E-state index in [1.165, 1.54) is 25.2 Å². The molecule has 1 fully saturated rings. The highest BCUT2D eigenvalue weighted by Crippen LogP contribution is 2.17. The Balaban J connectivity index is 1.75. The van der Waals surface area contributed by atoms with E-state index in [9.17, 15) is 14.4 Å². The average molecular weight is 474 g/mol. The Bertz CT molecular complexity index is 1010. The van der Waals surface area contributed by atoms with Crippen LogP contribution in [0.25, 0.3) is 0 Å². The number of halogens is 1. The third-order valence-electron chi connectivity index (χ3n) is 5.90. The third-order valence-corrected chi connectivity index (χ3v) is 6.14. The zero-order valence-electron chi connectivity index (χ0n) is 19.1. The highest BCUT2D eigenvalue weighted by atomic mass is 35.5. The van der Waals surface area contributed by atoms with Gasteiger partial charge in [0, 0.05) is 43.7 Å². The zero-order chi connectivity index (χ0) is 23.6. The number of rotatable bonds is 9. The standard InChI is InChI=1S/C25H32ClN3O4/c1-33-14-13-29-16-21(24(31)27-12-11-18-7-6-8-19(26)15-18)23(30)22(17-29)25(32)28-20-9-4-2-3-5-10-20/h6-8,15-17,20H,2-5,9-14H2,1H3,(H,27,31)(H,28,32). The Kier molecular flexibility index (Phi) is 9.51. The van der Waals surface area contributed by atoms with Crippen molar-refractivity contribution in [1.29, 1.82) is 0 Å². The maximum atomic E-state index is 13.1. The Morgan fingerprint density at radius 2 is 1.79 bits per heavy atom. The summed E-state index contributed by atoms with van der Waals surface area (Å²) in [4.78, 5) is 38.9. The highest BCUT2D eigenvalue weighted by molar-refractivity contribution is 6.30. The van der Waals surface area contributed by atoms with Gasteiger partial charge in [0.15, 0.2) is 0 Å². The van der Waals surface area contributed by atoms with Crippen molar-refractivity contribution in [1.82, 2.24) is 15.2 Å². The van der Waals surface area contributed by atoms with Gasteiger partial charge in [-0.15, -0.1) is 0 Å². The Hall–Kier alpha value is -2.64. The molecule has 0 spiro atoms. The van der Waals surface area contributed by atoms with Crippen molar-refractivity contribution in [3.63, 3.8) is 0 Å². The van der Waals surface area contributed by atoms with Crippen molar-refractivity contribution in [2.75, 3.05) is 20.3 Å². The fraction of sp³-hybridized carbons (Fsp3) is 0.480. The van der Waals surface area contributed by atoms with E-state index in [-0.39, 0.29) is 17.2 Å². The quantitative estimate of drug-likeness (QED) is 0.545. The first kappa shape index (κ1) is 25.0. The number of hydrogen-bond acceptors (Lipinski definition) is 4. The lowest BCUT2D eigenvalue weighted by Gasteiger charge is -2.17. The van der Waals surface area contributed by atoms with E-state index in [4.69, 9.17) is 16.3 Å². The third kappa shape index (κ3) is 7.44. The molecular weight excluding hydrogens is 442 g/mol. The second-order valence-electron chi connectivity index (χ2n) is 8.44. The van der Waals surface area contributed by atoms with Crippen molar-refractivity contribution in [2.45, 2.75) is 57.5 Å². The maximum absolute atomic E-state index is 13.1. The lowest BCUT2D eigenvalue weighted by molar-refractivity contribution is 0.0931. The summed E-state index contributed by atoms with van der Waals surface area (Å²) >= 11 is 6.01. The largest absolute Gasteiger partial charge is 0.383 e. The first-order valence-corrected chi connectivity index (χ1v) is 11.9. The first-order valence-electron chi connectivity index (χ1n) is 11.5. The summed E-state index contributed by atoms with van der Waals surface area (Å²) in [5.74, 6) is -0.927. The predicted octanol–water partition coefficient (Wildman–Crippen LogP) is 3.57. The van der Waals surface area contributed by atoms with Gasteiger partial charge in [-0.25, -0.2) is 0 Å². The molecule has 1 aromatic carbocycles. The molecular formula is C25H32ClN3O4. The van der Waals surface area contributed by atoms with Crippen molar-refractivity contribution in [3.05, 3.63) is 68.6 Å². The molecule has 7 nitrogen and oxygen atoms in total. The monoisotopic (exact) mass is 473 g/mol. The minimum atomic E-state index is -0.560. The molecule has 0 atom stereocenters. The molecule has 1 aliphatic carbocycles. The van der Waals surface area contributed by atoms with Crippen molar-refractivity contribution < 1.29 is 14.3 Å². The van der Waals surface area contributed by atoms with Crippen molar-refractivity contribution in [2.24, 2.45) is 0 Å². The predicted molar refractivity (Wildman–Crippen MR) is 129 cm³/mol. The van der Waals surface area contributed by atoms with Gasteiger partial charge in [-0.1, -0.05) is 49.4 Å². The lowest BCUT2D eigenvalue weighted by atomic mass is 10.1. The number of methoxy groups -OCH3 is 1. The summed E-state index contributed by atoms with van der Waals surface area (Å²) in [5, 5.41) is 6.43. The van der Waals surface area contributed by atoms with Crippen LogP contribution in [0.2, 0.25) is 5.02 Å². The fourth-order valence-electron chi connectivity index (χ4n) is 4.08. The normalized spacial score (nSPS) is 14.5. The van der Waals surface area contributed by atoms with Crippen LogP contribution < -0.4 is 16.1 Å². The maximum Gasteiger partial charge on any atom is 0.256 e. The van der Waals surface area contributed by atoms with Gasteiger partial charge >= 0.3 is 0 Å². The van der Waals surface area contributed by atoms with Crippen LogP contribution >= 0.6 is 11.6 Å². The molecule has 1 heterocycles. The Labute approximate surface area is 199 Å². The molecule has 2 N–H and O–H groups in total. The number of nitrogens with one attached hydrogen (secondary N) is 2. The van der Waals surface area contributed by atoms with Gasteiger partial charge in [0.2, 0.25) is 5.43 Å². The summed E-state index contributed by atoms with van der Waals surface area (Å²) < 4.78 is 6.79. The van der Waals surface area contributed by atoms with E-state index in [2.05, 4.69) is 10.6 Å².